The molecule has 154 valence electrons. The molecular weight excluding hydrogens is 372 g/mol. The molecule has 0 saturated carbocycles. The Hall–Kier alpha value is -1.99. The van der Waals surface area contributed by atoms with Gasteiger partial charge in [0.1, 0.15) is 5.82 Å². The van der Waals surface area contributed by atoms with E-state index >= 15 is 0 Å². The molecule has 1 aromatic carbocycles. The van der Waals surface area contributed by atoms with Crippen LogP contribution in [0.2, 0.25) is 0 Å². The number of hydrogen-bond acceptors (Lipinski definition) is 6. The van der Waals surface area contributed by atoms with Crippen molar-refractivity contribution in [2.24, 2.45) is 0 Å². The van der Waals surface area contributed by atoms with Gasteiger partial charge in [-0.3, -0.25) is 4.79 Å². The first-order valence-electron chi connectivity index (χ1n) is 10.0. The minimum Gasteiger partial charge on any atom is -0.383 e. The van der Waals surface area contributed by atoms with Gasteiger partial charge >= 0.3 is 0 Å². The smallest absolute Gasteiger partial charge is 0.221 e. The van der Waals surface area contributed by atoms with Crippen LogP contribution in [0.25, 0.3) is 0 Å². The van der Waals surface area contributed by atoms with Crippen molar-refractivity contribution in [3.8, 4) is 0 Å². The minimum absolute atomic E-state index is 0.0860. The highest BCUT2D eigenvalue weighted by atomic mass is 32.1. The van der Waals surface area contributed by atoms with E-state index in [0.29, 0.717) is 32.5 Å². The van der Waals surface area contributed by atoms with E-state index in [0.717, 1.165) is 36.8 Å². The second-order valence-electron chi connectivity index (χ2n) is 6.94. The van der Waals surface area contributed by atoms with Crippen LogP contribution < -0.4 is 10.2 Å². The Morgan fingerprint density at radius 1 is 1.21 bits per heavy atom. The van der Waals surface area contributed by atoms with Crippen molar-refractivity contribution in [2.75, 3.05) is 38.3 Å². The van der Waals surface area contributed by atoms with E-state index in [4.69, 9.17) is 9.72 Å². The lowest BCUT2D eigenvalue weighted by molar-refractivity contribution is -0.120. The second-order valence-corrected chi connectivity index (χ2v) is 7.67. The van der Waals surface area contributed by atoms with Gasteiger partial charge in [-0.05, 0) is 18.9 Å². The number of rotatable bonds is 13. The Kier molecular flexibility index (Phi) is 9.93. The third kappa shape index (κ3) is 7.94. The first-order chi connectivity index (χ1) is 13.6. The zero-order valence-corrected chi connectivity index (χ0v) is 18.1. The molecule has 0 bridgehead atoms. The van der Waals surface area contributed by atoms with Crippen molar-refractivity contribution in [3.63, 3.8) is 0 Å². The lowest BCUT2D eigenvalue weighted by Gasteiger charge is -2.20. The van der Waals surface area contributed by atoms with Crippen LogP contribution in [0.1, 0.15) is 49.6 Å². The number of ether oxygens (including phenoxy) is 1. The zero-order valence-electron chi connectivity index (χ0n) is 17.2. The predicted molar refractivity (Wildman–Crippen MR) is 115 cm³/mol. The lowest BCUT2D eigenvalue weighted by Crippen LogP contribution is -2.33. The third-order valence-corrected chi connectivity index (χ3v) is 5.30. The molecule has 0 atom stereocenters. The van der Waals surface area contributed by atoms with Gasteiger partial charge < -0.3 is 15.0 Å². The number of benzene rings is 1. The highest BCUT2D eigenvalue weighted by molar-refractivity contribution is 7.09. The van der Waals surface area contributed by atoms with Crippen molar-refractivity contribution in [3.05, 3.63) is 41.2 Å². The van der Waals surface area contributed by atoms with Crippen molar-refractivity contribution >= 4 is 22.6 Å². The van der Waals surface area contributed by atoms with Crippen LogP contribution in [0.4, 0.5) is 5.13 Å². The Morgan fingerprint density at radius 2 is 2.00 bits per heavy atom. The summed E-state index contributed by atoms with van der Waals surface area (Å²) in [6.07, 6.45) is 4.50. The topological polar surface area (TPSA) is 67.4 Å². The fourth-order valence-electron chi connectivity index (χ4n) is 2.77. The summed E-state index contributed by atoms with van der Waals surface area (Å²) in [5.74, 6) is 0.901. The molecule has 0 aliphatic heterocycles. The lowest BCUT2D eigenvalue weighted by atomic mass is 10.1. The standard InChI is InChI=1S/C21H32N4O2S/c1-4-5-6-12-22-20(26)11-13-25(14-15-27-3)21-23-19(24-28-21)16-18-9-7-17(2)8-10-18/h7-10H,4-6,11-16H2,1-3H3,(H,22,26). The van der Waals surface area contributed by atoms with Gasteiger partial charge in [0.25, 0.3) is 0 Å². The number of nitrogens with zero attached hydrogens (tertiary/aromatic N) is 3. The number of methoxy groups -OCH3 is 1. The number of unbranched alkanes of at least 4 members (excludes halogenated alkanes) is 2. The van der Waals surface area contributed by atoms with Crippen LogP contribution in [-0.2, 0) is 16.0 Å². The number of amides is 1. The number of hydrogen-bond donors (Lipinski definition) is 1. The molecule has 0 spiro atoms. The third-order valence-electron chi connectivity index (χ3n) is 4.49. The first-order valence-corrected chi connectivity index (χ1v) is 10.8. The second kappa shape index (κ2) is 12.5. The molecule has 28 heavy (non-hydrogen) atoms. The summed E-state index contributed by atoms with van der Waals surface area (Å²) < 4.78 is 9.73. The summed E-state index contributed by atoms with van der Waals surface area (Å²) >= 11 is 1.38. The Morgan fingerprint density at radius 3 is 2.71 bits per heavy atom. The van der Waals surface area contributed by atoms with Gasteiger partial charge in [-0.15, -0.1) is 0 Å². The molecule has 2 aromatic rings. The molecule has 7 heteroatoms. The van der Waals surface area contributed by atoms with Crippen LogP contribution in [0.15, 0.2) is 24.3 Å². The predicted octanol–water partition coefficient (Wildman–Crippen LogP) is 3.59. The van der Waals surface area contributed by atoms with E-state index in [2.05, 4.69) is 52.7 Å². The molecule has 0 saturated heterocycles. The van der Waals surface area contributed by atoms with Gasteiger partial charge in [0.15, 0.2) is 0 Å². The molecule has 1 amide bonds. The monoisotopic (exact) mass is 404 g/mol. The molecule has 0 aliphatic carbocycles. The molecule has 0 unspecified atom stereocenters. The number of carbonyl (C=O) groups excluding carboxylic acids is 1. The van der Waals surface area contributed by atoms with Crippen molar-refractivity contribution < 1.29 is 9.53 Å². The molecule has 2 rings (SSSR count). The van der Waals surface area contributed by atoms with Crippen LogP contribution >= 0.6 is 11.5 Å². The van der Waals surface area contributed by atoms with Crippen LogP contribution in [0, 0.1) is 6.92 Å². The number of carbonyl (C=O) groups is 1. The number of nitrogens with one attached hydrogen (secondary N) is 1. The number of aromatic nitrogens is 2. The van der Waals surface area contributed by atoms with Crippen molar-refractivity contribution in [2.45, 2.75) is 46.0 Å². The fraction of sp³-hybridized carbons (Fsp3) is 0.571. The maximum Gasteiger partial charge on any atom is 0.221 e. The number of anilines is 1. The summed E-state index contributed by atoms with van der Waals surface area (Å²) in [4.78, 5) is 18.9. The van der Waals surface area contributed by atoms with Crippen LogP contribution in [0.5, 0.6) is 0 Å². The fourth-order valence-corrected chi connectivity index (χ4v) is 3.50. The van der Waals surface area contributed by atoms with E-state index in [1.807, 2.05) is 0 Å². The van der Waals surface area contributed by atoms with E-state index in [-0.39, 0.29) is 5.91 Å². The molecule has 0 fully saturated rings. The highest BCUT2D eigenvalue weighted by Gasteiger charge is 2.14. The maximum atomic E-state index is 12.1. The van der Waals surface area contributed by atoms with Gasteiger partial charge in [0, 0.05) is 51.1 Å². The summed E-state index contributed by atoms with van der Waals surface area (Å²) in [5, 5.41) is 3.84. The largest absolute Gasteiger partial charge is 0.383 e. The molecule has 1 aromatic heterocycles. The Balaban J connectivity index is 1.90. The Labute approximate surface area is 172 Å². The minimum atomic E-state index is 0.0860. The van der Waals surface area contributed by atoms with E-state index in [1.165, 1.54) is 22.7 Å². The average Bonchev–Trinajstić information content (AvgIpc) is 3.15. The normalized spacial score (nSPS) is 10.8. The maximum absolute atomic E-state index is 12.1. The summed E-state index contributed by atoms with van der Waals surface area (Å²) in [6.45, 7) is 6.89. The Bertz CT molecular complexity index is 703. The van der Waals surface area contributed by atoms with E-state index < -0.39 is 0 Å². The van der Waals surface area contributed by atoms with Crippen LogP contribution in [0.3, 0.4) is 0 Å². The molecule has 6 nitrogen and oxygen atoms in total. The summed E-state index contributed by atoms with van der Waals surface area (Å²) in [5.41, 5.74) is 2.44. The molecule has 1 N–H and O–H groups in total. The molecule has 1 heterocycles. The molecular formula is C21H32N4O2S. The van der Waals surface area contributed by atoms with Gasteiger partial charge in [0.2, 0.25) is 11.0 Å². The number of aryl methyl sites for hydroxylation is 1. The van der Waals surface area contributed by atoms with Crippen LogP contribution in [-0.4, -0.2) is 48.6 Å². The van der Waals surface area contributed by atoms with Gasteiger partial charge in [-0.2, -0.15) is 4.37 Å². The first kappa shape index (κ1) is 22.3. The highest BCUT2D eigenvalue weighted by Crippen LogP contribution is 2.19. The van der Waals surface area contributed by atoms with Gasteiger partial charge in [0.05, 0.1) is 6.61 Å². The van der Waals surface area contributed by atoms with Gasteiger partial charge in [-0.25, -0.2) is 4.98 Å². The van der Waals surface area contributed by atoms with E-state index in [9.17, 15) is 4.79 Å². The molecule has 0 aliphatic rings. The van der Waals surface area contributed by atoms with Gasteiger partial charge in [-0.1, -0.05) is 49.6 Å². The van der Waals surface area contributed by atoms with Crippen molar-refractivity contribution in [1.29, 1.82) is 0 Å². The SMILES string of the molecule is CCCCCNC(=O)CCN(CCOC)c1nc(Cc2ccc(C)cc2)ns1. The summed E-state index contributed by atoms with van der Waals surface area (Å²) in [7, 11) is 1.68. The van der Waals surface area contributed by atoms with Crippen molar-refractivity contribution in [1.82, 2.24) is 14.7 Å². The zero-order chi connectivity index (χ0) is 20.2. The quantitative estimate of drug-likeness (QED) is 0.517. The average molecular weight is 405 g/mol. The molecule has 0 radical (unpaired) electrons. The van der Waals surface area contributed by atoms with E-state index in [1.54, 1.807) is 7.11 Å². The summed E-state index contributed by atoms with van der Waals surface area (Å²) in [6, 6.07) is 8.43.